The second-order valence-electron chi connectivity index (χ2n) is 15.6. The zero-order valence-corrected chi connectivity index (χ0v) is 32.8. The number of pyridine rings is 1. The summed E-state index contributed by atoms with van der Waals surface area (Å²) in [5, 5.41) is 5.90. The summed E-state index contributed by atoms with van der Waals surface area (Å²) in [7, 11) is -2.75. The number of carbonyl (C=O) groups is 4. The van der Waals surface area contributed by atoms with Crippen molar-refractivity contribution < 1.29 is 55.0 Å². The lowest BCUT2D eigenvalue weighted by Gasteiger charge is -2.34. The minimum absolute atomic E-state index is 0.00712. The van der Waals surface area contributed by atoms with E-state index in [9.17, 15) is 40.8 Å². The number of halogens is 3. The normalized spacial score (nSPS) is 24.0. The molecule has 14 nitrogen and oxygen atoms in total. The van der Waals surface area contributed by atoms with E-state index in [0.717, 1.165) is 18.7 Å². The van der Waals surface area contributed by atoms with E-state index in [4.69, 9.17) is 14.2 Å². The van der Waals surface area contributed by atoms with Crippen LogP contribution in [-0.4, -0.2) is 95.8 Å². The molecule has 5 atom stereocenters. The number of ether oxygens (including phenoxy) is 3. The fraction of sp³-hybridized carbons (Fsp3) is 0.595. The van der Waals surface area contributed by atoms with Gasteiger partial charge in [-0.25, -0.2) is 31.4 Å². The van der Waals surface area contributed by atoms with Crippen LogP contribution in [0.25, 0.3) is 10.8 Å². The average Bonchev–Trinajstić information content (AvgIpc) is 3.96. The number of sulfonamides is 1. The molecule has 1 saturated heterocycles. The number of alkyl halides is 2. The summed E-state index contributed by atoms with van der Waals surface area (Å²) < 4.78 is 86.5. The van der Waals surface area contributed by atoms with Crippen molar-refractivity contribution in [2.75, 3.05) is 13.7 Å². The second kappa shape index (κ2) is 14.8. The SMILES string of the molecule is CC=CC1CC1(NC(=O)C1CC(Oc2nccc3cc(OC)c(F)cc23)CN1C(=O)C(NC(=O)OC(C)(C)C(C)(F)F)C(C)C)C(=O)NS(=O)(=O)C1(C)CC1. The van der Waals surface area contributed by atoms with Crippen LogP contribution < -0.4 is 24.8 Å². The Bertz CT molecular complexity index is 2000. The number of amides is 4. The number of nitrogens with zero attached hydrogens (tertiary/aromatic N) is 2. The number of rotatable bonds is 14. The Labute approximate surface area is 317 Å². The highest BCUT2D eigenvalue weighted by Gasteiger charge is 2.63. The number of aromatic nitrogens is 1. The molecule has 2 aromatic rings. The zero-order valence-electron chi connectivity index (χ0n) is 32.0. The molecule has 5 rings (SSSR count). The summed E-state index contributed by atoms with van der Waals surface area (Å²) in [6.07, 6.45) is 3.19. The molecule has 2 saturated carbocycles. The van der Waals surface area contributed by atoms with E-state index in [1.165, 1.54) is 32.4 Å². The molecule has 2 heterocycles. The number of nitrogens with one attached hydrogen (secondary N) is 3. The van der Waals surface area contributed by atoms with Crippen molar-refractivity contribution in [3.63, 3.8) is 0 Å². The molecule has 55 heavy (non-hydrogen) atoms. The highest BCUT2D eigenvalue weighted by atomic mass is 32.2. The van der Waals surface area contributed by atoms with Gasteiger partial charge in [0.15, 0.2) is 17.2 Å². The van der Waals surface area contributed by atoms with E-state index < -0.39 is 91.5 Å². The van der Waals surface area contributed by atoms with Gasteiger partial charge in [0.2, 0.25) is 27.7 Å². The van der Waals surface area contributed by atoms with Crippen molar-refractivity contribution in [3.8, 4) is 11.6 Å². The molecule has 3 fully saturated rings. The predicted molar refractivity (Wildman–Crippen MR) is 194 cm³/mol. The fourth-order valence-corrected chi connectivity index (χ4v) is 7.71. The van der Waals surface area contributed by atoms with Crippen LogP contribution in [0.3, 0.4) is 0 Å². The van der Waals surface area contributed by atoms with E-state index in [1.54, 1.807) is 39.0 Å². The minimum Gasteiger partial charge on any atom is -0.494 e. The number of likely N-dealkylation sites (tertiary alicyclic amines) is 1. The van der Waals surface area contributed by atoms with Crippen molar-refractivity contribution >= 4 is 44.6 Å². The fourth-order valence-electron chi connectivity index (χ4n) is 6.40. The lowest BCUT2D eigenvalue weighted by Crippen LogP contribution is -2.59. The molecule has 1 aromatic carbocycles. The Kier molecular flexibility index (Phi) is 11.2. The van der Waals surface area contributed by atoms with Gasteiger partial charge < -0.3 is 29.7 Å². The van der Waals surface area contributed by atoms with Gasteiger partial charge in [-0.15, -0.1) is 0 Å². The van der Waals surface area contributed by atoms with Gasteiger partial charge in [0.25, 0.3) is 11.8 Å². The lowest BCUT2D eigenvalue weighted by molar-refractivity contribution is -0.151. The molecule has 2 aliphatic carbocycles. The summed E-state index contributed by atoms with van der Waals surface area (Å²) >= 11 is 0. The molecule has 5 unspecified atom stereocenters. The Morgan fingerprint density at radius 1 is 1.13 bits per heavy atom. The van der Waals surface area contributed by atoms with Gasteiger partial charge in [0.05, 0.1) is 18.4 Å². The molecule has 302 valence electrons. The monoisotopic (exact) mass is 795 g/mol. The molecule has 18 heteroatoms. The standard InChI is InChI=1S/C37H48F3N5O9S/c1-9-10-22-18-37(22,32(48)44-55(50,51)35(6)12-13-35)43-29(46)26-16-23(53-30-24-17-25(38)27(52-8)15-21(24)11-14-41-30)19-45(26)31(47)28(20(2)3)42-33(49)54-34(4,5)36(7,39)40/h9-11,14-15,17,20,22-23,26,28H,12-13,16,18-19H2,1-8H3,(H,42,49)(H,43,46)(H,44,48). The van der Waals surface area contributed by atoms with Crippen molar-refractivity contribution in [3.05, 3.63) is 42.4 Å². The Balaban J connectivity index is 1.45. The van der Waals surface area contributed by atoms with E-state index in [0.29, 0.717) is 25.2 Å². The molecule has 0 bridgehead atoms. The zero-order chi connectivity index (χ0) is 40.9. The first kappa shape index (κ1) is 41.6. The quantitative estimate of drug-likeness (QED) is 0.233. The highest BCUT2D eigenvalue weighted by Crippen LogP contribution is 2.47. The predicted octanol–water partition coefficient (Wildman–Crippen LogP) is 4.36. The van der Waals surface area contributed by atoms with E-state index >= 15 is 0 Å². The number of allylic oxidation sites excluding steroid dienone is 1. The number of fused-ring (bicyclic) bond motifs is 1. The Morgan fingerprint density at radius 2 is 1.80 bits per heavy atom. The summed E-state index contributed by atoms with van der Waals surface area (Å²) in [4.78, 5) is 60.6. The van der Waals surface area contributed by atoms with E-state index in [1.807, 2.05) is 0 Å². The first-order chi connectivity index (χ1) is 25.5. The lowest BCUT2D eigenvalue weighted by atomic mass is 10.0. The third kappa shape index (κ3) is 8.33. The first-order valence-corrected chi connectivity index (χ1v) is 19.5. The Morgan fingerprint density at radius 3 is 2.38 bits per heavy atom. The summed E-state index contributed by atoms with van der Waals surface area (Å²) in [5.41, 5.74) is -3.89. The van der Waals surface area contributed by atoms with Crippen molar-refractivity contribution in [1.82, 2.24) is 25.2 Å². The van der Waals surface area contributed by atoms with Crippen LogP contribution in [0, 0.1) is 17.7 Å². The van der Waals surface area contributed by atoms with Crippen molar-refractivity contribution in [2.45, 2.75) is 114 Å². The molecule has 1 aliphatic heterocycles. The van der Waals surface area contributed by atoms with Gasteiger partial charge in [-0.1, -0.05) is 26.0 Å². The van der Waals surface area contributed by atoms with Crippen LogP contribution in [0.1, 0.15) is 74.1 Å². The maximum absolute atomic E-state index is 14.8. The molecule has 1 aromatic heterocycles. The summed E-state index contributed by atoms with van der Waals surface area (Å²) in [6, 6.07) is 1.53. The molecule has 4 amide bonds. The van der Waals surface area contributed by atoms with Gasteiger partial charge in [0.1, 0.15) is 23.7 Å². The molecule has 3 aliphatic rings. The summed E-state index contributed by atoms with van der Waals surface area (Å²) in [6.45, 7) is 8.79. The van der Waals surface area contributed by atoms with Crippen molar-refractivity contribution in [1.29, 1.82) is 0 Å². The maximum Gasteiger partial charge on any atom is 0.408 e. The van der Waals surface area contributed by atoms with Crippen LogP contribution >= 0.6 is 0 Å². The highest BCUT2D eigenvalue weighted by molar-refractivity contribution is 7.91. The topological polar surface area (TPSA) is 182 Å². The number of carbonyl (C=O) groups excluding carboxylic acids is 4. The molecule has 0 spiro atoms. The number of benzene rings is 1. The van der Waals surface area contributed by atoms with Gasteiger partial charge in [0, 0.05) is 30.8 Å². The van der Waals surface area contributed by atoms with Gasteiger partial charge >= 0.3 is 6.09 Å². The molecule has 0 radical (unpaired) electrons. The van der Waals surface area contributed by atoms with Crippen LogP contribution in [0.2, 0.25) is 0 Å². The van der Waals surface area contributed by atoms with Crippen LogP contribution in [0.4, 0.5) is 18.0 Å². The van der Waals surface area contributed by atoms with Crippen LogP contribution in [-0.2, 0) is 29.1 Å². The minimum atomic E-state index is -4.07. The largest absolute Gasteiger partial charge is 0.494 e. The Hall–Kier alpha value is -4.61. The van der Waals surface area contributed by atoms with Gasteiger partial charge in [-0.2, -0.15) is 0 Å². The van der Waals surface area contributed by atoms with E-state index in [-0.39, 0.29) is 36.4 Å². The maximum atomic E-state index is 14.8. The third-order valence-electron chi connectivity index (χ3n) is 10.8. The third-order valence-corrected chi connectivity index (χ3v) is 12.9. The number of alkyl carbamates (subject to hydrolysis) is 1. The average molecular weight is 796 g/mol. The number of methoxy groups -OCH3 is 1. The van der Waals surface area contributed by atoms with Gasteiger partial charge in [-0.3, -0.25) is 19.1 Å². The van der Waals surface area contributed by atoms with Crippen molar-refractivity contribution in [2.24, 2.45) is 11.8 Å². The van der Waals surface area contributed by atoms with Crippen LogP contribution in [0.15, 0.2) is 36.5 Å². The molecular formula is C37H48F3N5O9S. The number of hydrogen-bond donors (Lipinski definition) is 3. The van der Waals surface area contributed by atoms with E-state index in [2.05, 4.69) is 20.3 Å². The van der Waals surface area contributed by atoms with Crippen LogP contribution in [0.5, 0.6) is 11.6 Å². The van der Waals surface area contributed by atoms with Gasteiger partial charge in [-0.05, 0) is 76.5 Å². The first-order valence-electron chi connectivity index (χ1n) is 18.0. The second-order valence-corrected chi connectivity index (χ2v) is 17.8. The molecule has 3 N–H and O–H groups in total. The smallest absolute Gasteiger partial charge is 0.408 e. The molecular weight excluding hydrogens is 747 g/mol. The summed E-state index contributed by atoms with van der Waals surface area (Å²) in [5.74, 6) is -7.85. The number of hydrogen-bond acceptors (Lipinski definition) is 10.